The molecule has 0 aliphatic heterocycles. The topological polar surface area (TPSA) is 38.0 Å². The highest BCUT2D eigenvalue weighted by molar-refractivity contribution is 5.38. The minimum absolute atomic E-state index is 0.238. The number of fused-ring (bicyclic) bond motifs is 1. The Balaban J connectivity index is 1.94. The predicted octanol–water partition coefficient (Wildman–Crippen LogP) is 2.42. The quantitative estimate of drug-likeness (QED) is 0.920. The van der Waals surface area contributed by atoms with Crippen LogP contribution in [0.2, 0.25) is 0 Å². The van der Waals surface area contributed by atoms with E-state index < -0.39 is 5.60 Å². The number of aromatic nitrogens is 2. The van der Waals surface area contributed by atoms with Crippen molar-refractivity contribution in [1.82, 2.24) is 9.55 Å². The van der Waals surface area contributed by atoms with Crippen LogP contribution in [0.3, 0.4) is 0 Å². The summed E-state index contributed by atoms with van der Waals surface area (Å²) in [5.74, 6) is 0.639. The number of hydrogen-bond acceptors (Lipinski definition) is 2. The Labute approximate surface area is 111 Å². The Morgan fingerprint density at radius 1 is 1.47 bits per heavy atom. The lowest BCUT2D eigenvalue weighted by atomic mass is 9.92. The Morgan fingerprint density at radius 3 is 3.11 bits per heavy atom. The molecule has 2 aromatic rings. The molecule has 0 saturated carbocycles. The van der Waals surface area contributed by atoms with Gasteiger partial charge in [0.2, 0.25) is 0 Å². The van der Waals surface area contributed by atoms with Crippen molar-refractivity contribution in [2.45, 2.75) is 38.3 Å². The fourth-order valence-electron chi connectivity index (χ4n) is 2.94. The average molecular weight is 260 g/mol. The van der Waals surface area contributed by atoms with Gasteiger partial charge in [0.1, 0.15) is 11.6 Å². The van der Waals surface area contributed by atoms with Crippen LogP contribution in [-0.2, 0) is 25.0 Å². The van der Waals surface area contributed by atoms with Crippen LogP contribution < -0.4 is 0 Å². The molecule has 0 fully saturated rings. The van der Waals surface area contributed by atoms with Crippen LogP contribution in [-0.4, -0.2) is 14.7 Å². The summed E-state index contributed by atoms with van der Waals surface area (Å²) >= 11 is 0. The average Bonchev–Trinajstić information content (AvgIpc) is 2.95. The van der Waals surface area contributed by atoms with Gasteiger partial charge in [-0.25, -0.2) is 9.37 Å². The predicted molar refractivity (Wildman–Crippen MR) is 70.2 cm³/mol. The van der Waals surface area contributed by atoms with Gasteiger partial charge in [-0.2, -0.15) is 0 Å². The molecule has 0 radical (unpaired) electrons. The molecule has 0 bridgehead atoms. The van der Waals surface area contributed by atoms with E-state index in [1.807, 2.05) is 17.7 Å². The first-order valence-corrected chi connectivity index (χ1v) is 6.64. The number of nitrogens with zero attached hydrogens (tertiary/aromatic N) is 2. The third kappa shape index (κ3) is 2.06. The van der Waals surface area contributed by atoms with Crippen molar-refractivity contribution in [3.05, 3.63) is 53.4 Å². The normalized spacial score (nSPS) is 21.6. The van der Waals surface area contributed by atoms with Gasteiger partial charge in [-0.05, 0) is 43.0 Å². The smallest absolute Gasteiger partial charge is 0.123 e. The lowest BCUT2D eigenvalue weighted by Gasteiger charge is -2.24. The van der Waals surface area contributed by atoms with Crippen molar-refractivity contribution in [2.75, 3.05) is 0 Å². The fraction of sp³-hybridized carbons (Fsp3) is 0.400. The van der Waals surface area contributed by atoms with Crippen molar-refractivity contribution in [2.24, 2.45) is 0 Å². The molecule has 4 heteroatoms. The second-order valence-corrected chi connectivity index (χ2v) is 5.14. The summed E-state index contributed by atoms with van der Waals surface area (Å²) in [6.07, 6.45) is 5.49. The summed E-state index contributed by atoms with van der Waals surface area (Å²) in [6.45, 7) is 2.88. The number of benzene rings is 1. The van der Waals surface area contributed by atoms with E-state index in [1.54, 1.807) is 12.3 Å². The van der Waals surface area contributed by atoms with Crippen molar-refractivity contribution < 1.29 is 9.50 Å². The molecule has 1 atom stereocenters. The Morgan fingerprint density at radius 2 is 2.32 bits per heavy atom. The van der Waals surface area contributed by atoms with Crippen LogP contribution in [0, 0.1) is 5.82 Å². The number of rotatable bonds is 3. The highest BCUT2D eigenvalue weighted by Gasteiger charge is 2.37. The molecule has 1 heterocycles. The maximum Gasteiger partial charge on any atom is 0.123 e. The molecule has 1 aliphatic rings. The van der Waals surface area contributed by atoms with Crippen molar-refractivity contribution in [1.29, 1.82) is 0 Å². The van der Waals surface area contributed by atoms with E-state index in [9.17, 15) is 9.50 Å². The summed E-state index contributed by atoms with van der Waals surface area (Å²) in [7, 11) is 0. The number of imidazole rings is 1. The van der Waals surface area contributed by atoms with E-state index in [-0.39, 0.29) is 5.82 Å². The monoisotopic (exact) mass is 260 g/mol. The Kier molecular flexibility index (Phi) is 2.90. The van der Waals surface area contributed by atoms with E-state index in [0.29, 0.717) is 12.8 Å². The van der Waals surface area contributed by atoms with E-state index in [4.69, 9.17) is 0 Å². The lowest BCUT2D eigenvalue weighted by molar-refractivity contribution is 0.0361. The molecule has 3 rings (SSSR count). The van der Waals surface area contributed by atoms with Crippen LogP contribution in [0.4, 0.5) is 4.39 Å². The fourth-order valence-corrected chi connectivity index (χ4v) is 2.94. The molecule has 0 spiro atoms. The van der Waals surface area contributed by atoms with E-state index in [2.05, 4.69) is 4.98 Å². The third-order valence-corrected chi connectivity index (χ3v) is 3.97. The molecular formula is C15H17FN2O. The number of hydrogen-bond donors (Lipinski definition) is 1. The molecule has 1 unspecified atom stereocenters. The Hall–Kier alpha value is -1.68. The maximum atomic E-state index is 13.2. The minimum atomic E-state index is -0.915. The zero-order valence-electron chi connectivity index (χ0n) is 10.9. The summed E-state index contributed by atoms with van der Waals surface area (Å²) in [5, 5.41) is 10.9. The van der Waals surface area contributed by atoms with Crippen LogP contribution in [0.1, 0.15) is 30.3 Å². The van der Waals surface area contributed by atoms with Gasteiger partial charge >= 0.3 is 0 Å². The standard InChI is InChI=1S/C15H17FN2O/c1-2-18-8-7-17-14(18)10-15(19)6-5-11-9-12(16)3-4-13(11)15/h3-4,7-9,19H,2,5-6,10H2,1H3. The molecule has 3 nitrogen and oxygen atoms in total. The van der Waals surface area contributed by atoms with Gasteiger partial charge in [0.15, 0.2) is 0 Å². The molecule has 0 saturated heterocycles. The van der Waals surface area contributed by atoms with Crippen molar-refractivity contribution in [3.8, 4) is 0 Å². The van der Waals surface area contributed by atoms with Gasteiger partial charge in [0.25, 0.3) is 0 Å². The molecule has 100 valence electrons. The largest absolute Gasteiger partial charge is 0.385 e. The first kappa shape index (κ1) is 12.4. The van der Waals surface area contributed by atoms with E-state index in [0.717, 1.165) is 29.9 Å². The molecule has 1 aliphatic carbocycles. The molecule has 0 amide bonds. The lowest BCUT2D eigenvalue weighted by Crippen LogP contribution is -2.27. The molecule has 1 aromatic carbocycles. The maximum absolute atomic E-state index is 13.2. The number of halogens is 1. The van der Waals surface area contributed by atoms with Gasteiger partial charge in [-0.1, -0.05) is 6.07 Å². The molecule has 19 heavy (non-hydrogen) atoms. The van der Waals surface area contributed by atoms with Gasteiger partial charge in [-0.3, -0.25) is 0 Å². The van der Waals surface area contributed by atoms with Gasteiger partial charge in [0.05, 0.1) is 5.60 Å². The summed E-state index contributed by atoms with van der Waals surface area (Å²) < 4.78 is 15.2. The van der Waals surface area contributed by atoms with Gasteiger partial charge < -0.3 is 9.67 Å². The summed E-state index contributed by atoms with van der Waals surface area (Å²) in [6, 6.07) is 4.65. The van der Waals surface area contributed by atoms with Crippen LogP contribution in [0.5, 0.6) is 0 Å². The zero-order chi connectivity index (χ0) is 13.5. The highest BCUT2D eigenvalue weighted by Crippen LogP contribution is 2.39. The Bertz CT molecular complexity index is 608. The van der Waals surface area contributed by atoms with E-state index in [1.165, 1.54) is 12.1 Å². The summed E-state index contributed by atoms with van der Waals surface area (Å²) in [4.78, 5) is 4.32. The highest BCUT2D eigenvalue weighted by atomic mass is 19.1. The number of aliphatic hydroxyl groups is 1. The van der Waals surface area contributed by atoms with Crippen molar-refractivity contribution >= 4 is 0 Å². The third-order valence-electron chi connectivity index (χ3n) is 3.97. The summed E-state index contributed by atoms with van der Waals surface area (Å²) in [5.41, 5.74) is 0.845. The first-order valence-electron chi connectivity index (χ1n) is 6.64. The first-order chi connectivity index (χ1) is 9.12. The zero-order valence-corrected chi connectivity index (χ0v) is 10.9. The van der Waals surface area contributed by atoms with Crippen LogP contribution >= 0.6 is 0 Å². The molecule has 1 aromatic heterocycles. The van der Waals surface area contributed by atoms with Crippen LogP contribution in [0.25, 0.3) is 0 Å². The molecular weight excluding hydrogens is 243 g/mol. The SMILES string of the molecule is CCn1ccnc1CC1(O)CCc2cc(F)ccc21. The second kappa shape index (κ2) is 4.46. The molecule has 1 N–H and O–H groups in total. The van der Waals surface area contributed by atoms with Crippen molar-refractivity contribution in [3.63, 3.8) is 0 Å². The van der Waals surface area contributed by atoms with E-state index >= 15 is 0 Å². The number of aryl methyl sites for hydroxylation is 2. The van der Waals surface area contributed by atoms with Gasteiger partial charge in [-0.15, -0.1) is 0 Å². The second-order valence-electron chi connectivity index (χ2n) is 5.14. The minimum Gasteiger partial charge on any atom is -0.385 e. The van der Waals surface area contributed by atoms with Gasteiger partial charge in [0, 0.05) is 25.4 Å². The van der Waals surface area contributed by atoms with Crippen LogP contribution in [0.15, 0.2) is 30.6 Å².